The highest BCUT2D eigenvalue weighted by Crippen LogP contribution is 2.53. The number of carbonyl (C=O) groups excluding carboxylic acids is 1. The van der Waals surface area contributed by atoms with Gasteiger partial charge in [0.05, 0.1) is 16.1 Å². The molecular weight excluding hydrogens is 435 g/mol. The molecule has 7 nitrogen and oxygen atoms in total. The molecule has 4 aliphatic rings. The van der Waals surface area contributed by atoms with Crippen LogP contribution in [-0.2, 0) is 15.6 Å². The van der Waals surface area contributed by atoms with Gasteiger partial charge in [-0.15, -0.1) is 0 Å². The Balaban J connectivity index is 0.000000132. The summed E-state index contributed by atoms with van der Waals surface area (Å²) in [4.78, 5) is 19.6. The number of nitriles is 1. The molecule has 9 heteroatoms. The third kappa shape index (κ3) is 3.29. The number of pyridine rings is 2. The molecule has 1 amide bonds. The second kappa shape index (κ2) is 7.25. The summed E-state index contributed by atoms with van der Waals surface area (Å²) in [6.45, 7) is 1.73. The van der Waals surface area contributed by atoms with Crippen molar-refractivity contribution in [2.45, 2.75) is 36.5 Å². The summed E-state index contributed by atoms with van der Waals surface area (Å²) in [5, 5.41) is 16.7. The standard InChI is InChI=1S/C11H12ClN3O.C11H10ClN3/c12-7-1-8-10(14-4-7)15-5-11(8)2-6(3-11)9(13)16;12-8-1-9-10(14-5-8)15-6-11(9)2-7(3-11)4-13/h1,4,6H,2-3,5H2,(H2,13,16)(H,14,15);1,5,7H,2-3,6H2,(H,14,15). The van der Waals surface area contributed by atoms with Crippen molar-refractivity contribution in [2.75, 3.05) is 23.7 Å². The summed E-state index contributed by atoms with van der Waals surface area (Å²) in [5.74, 6) is 1.85. The number of carbonyl (C=O) groups is 1. The van der Waals surface area contributed by atoms with Gasteiger partial charge in [0.15, 0.2) is 0 Å². The van der Waals surface area contributed by atoms with E-state index in [1.807, 2.05) is 12.1 Å². The summed E-state index contributed by atoms with van der Waals surface area (Å²) in [7, 11) is 0. The summed E-state index contributed by atoms with van der Waals surface area (Å²) in [6, 6.07) is 6.25. The molecule has 0 aromatic carbocycles. The van der Waals surface area contributed by atoms with Crippen LogP contribution in [0.15, 0.2) is 24.5 Å². The predicted molar refractivity (Wildman–Crippen MR) is 119 cm³/mol. The first-order valence-corrected chi connectivity index (χ1v) is 11.1. The molecule has 2 aliphatic carbocycles. The molecule has 31 heavy (non-hydrogen) atoms. The summed E-state index contributed by atoms with van der Waals surface area (Å²) < 4.78 is 0. The lowest BCUT2D eigenvalue weighted by atomic mass is 9.59. The normalized spacial score (nSPS) is 31.1. The van der Waals surface area contributed by atoms with Crippen LogP contribution in [0.4, 0.5) is 11.6 Å². The van der Waals surface area contributed by atoms with Gasteiger partial charge in [-0.2, -0.15) is 5.26 Å². The van der Waals surface area contributed by atoms with Crippen molar-refractivity contribution in [3.8, 4) is 6.07 Å². The first kappa shape index (κ1) is 20.3. The second-order valence-corrected chi connectivity index (χ2v) is 9.98. The number of nitrogens with two attached hydrogens (primary N) is 1. The largest absolute Gasteiger partial charge is 0.369 e. The lowest BCUT2D eigenvalue weighted by molar-refractivity contribution is -0.126. The van der Waals surface area contributed by atoms with Gasteiger partial charge < -0.3 is 16.4 Å². The molecule has 4 N–H and O–H groups in total. The molecule has 0 saturated heterocycles. The summed E-state index contributed by atoms with van der Waals surface area (Å²) >= 11 is 11.9. The van der Waals surface area contributed by atoms with Crippen molar-refractivity contribution in [1.82, 2.24) is 9.97 Å². The zero-order valence-corrected chi connectivity index (χ0v) is 18.3. The first-order chi connectivity index (χ1) is 14.8. The van der Waals surface area contributed by atoms with Crippen molar-refractivity contribution >= 4 is 40.7 Å². The Bertz CT molecular complexity index is 1100. The highest BCUT2D eigenvalue weighted by molar-refractivity contribution is 6.30. The van der Waals surface area contributed by atoms with E-state index >= 15 is 0 Å². The van der Waals surface area contributed by atoms with Gasteiger partial charge in [-0.05, 0) is 37.8 Å². The second-order valence-electron chi connectivity index (χ2n) is 9.11. The number of hydrogen-bond acceptors (Lipinski definition) is 6. The third-order valence-corrected chi connectivity index (χ3v) is 7.59. The maximum atomic E-state index is 11.1. The van der Waals surface area contributed by atoms with Crippen LogP contribution in [0.2, 0.25) is 10.0 Å². The van der Waals surface area contributed by atoms with E-state index in [-0.39, 0.29) is 28.6 Å². The highest BCUT2D eigenvalue weighted by Gasteiger charge is 2.52. The number of amides is 1. The van der Waals surface area contributed by atoms with Gasteiger partial charge in [0.25, 0.3) is 0 Å². The third-order valence-electron chi connectivity index (χ3n) is 7.17. The van der Waals surface area contributed by atoms with Crippen LogP contribution in [0.3, 0.4) is 0 Å². The Hall–Kier alpha value is -2.56. The van der Waals surface area contributed by atoms with E-state index in [0.717, 1.165) is 56.0 Å². The average molecular weight is 457 g/mol. The molecule has 0 unspecified atom stereocenters. The van der Waals surface area contributed by atoms with Gasteiger partial charge in [-0.1, -0.05) is 23.2 Å². The fourth-order valence-electron chi connectivity index (χ4n) is 5.45. The minimum atomic E-state index is -0.200. The van der Waals surface area contributed by atoms with E-state index in [9.17, 15) is 4.79 Å². The van der Waals surface area contributed by atoms with E-state index in [4.69, 9.17) is 34.2 Å². The zero-order chi connectivity index (χ0) is 21.8. The predicted octanol–water partition coefficient (Wildman–Crippen LogP) is 3.63. The lowest BCUT2D eigenvalue weighted by Gasteiger charge is -2.43. The molecule has 2 aromatic heterocycles. The monoisotopic (exact) mass is 456 g/mol. The number of primary amides is 1. The van der Waals surface area contributed by atoms with E-state index in [2.05, 4.69) is 26.7 Å². The van der Waals surface area contributed by atoms with Crippen molar-refractivity contribution in [3.05, 3.63) is 45.7 Å². The van der Waals surface area contributed by atoms with Gasteiger partial charge in [-0.25, -0.2) is 9.97 Å². The SMILES string of the molecule is N#CC1CC2(CNc3ncc(Cl)cc32)C1.NC(=O)C1CC2(CNc3ncc(Cl)cc32)C1. The molecule has 2 spiro atoms. The first-order valence-electron chi connectivity index (χ1n) is 10.3. The molecule has 160 valence electrons. The summed E-state index contributed by atoms with van der Waals surface area (Å²) in [6.07, 6.45) is 6.79. The topological polar surface area (TPSA) is 117 Å². The Labute approximate surface area is 190 Å². The maximum Gasteiger partial charge on any atom is 0.220 e. The number of nitrogens with zero attached hydrogens (tertiary/aromatic N) is 3. The molecule has 0 atom stereocenters. The molecule has 6 rings (SSSR count). The highest BCUT2D eigenvalue weighted by atomic mass is 35.5. The zero-order valence-electron chi connectivity index (χ0n) is 16.8. The molecule has 2 saturated carbocycles. The van der Waals surface area contributed by atoms with Crippen LogP contribution in [0.1, 0.15) is 36.8 Å². The van der Waals surface area contributed by atoms with Gasteiger partial charge in [0, 0.05) is 59.3 Å². The maximum absolute atomic E-state index is 11.1. The van der Waals surface area contributed by atoms with Gasteiger partial charge >= 0.3 is 0 Å². The minimum Gasteiger partial charge on any atom is -0.369 e. The average Bonchev–Trinajstić information content (AvgIpc) is 3.24. The van der Waals surface area contributed by atoms with E-state index in [1.165, 1.54) is 5.56 Å². The van der Waals surface area contributed by atoms with Crippen LogP contribution in [-0.4, -0.2) is 29.0 Å². The number of halogens is 2. The molecule has 2 fully saturated rings. The van der Waals surface area contributed by atoms with Crippen molar-refractivity contribution < 1.29 is 4.79 Å². The number of aromatic nitrogens is 2. The molecule has 2 aromatic rings. The van der Waals surface area contributed by atoms with E-state index in [1.54, 1.807) is 12.4 Å². The van der Waals surface area contributed by atoms with Crippen molar-refractivity contribution in [1.29, 1.82) is 5.26 Å². The number of anilines is 2. The fourth-order valence-corrected chi connectivity index (χ4v) is 5.77. The van der Waals surface area contributed by atoms with Crippen molar-refractivity contribution in [2.24, 2.45) is 17.6 Å². The Morgan fingerprint density at radius 2 is 1.48 bits per heavy atom. The van der Waals surface area contributed by atoms with E-state index < -0.39 is 0 Å². The summed E-state index contributed by atoms with van der Waals surface area (Å²) in [5.41, 5.74) is 7.80. The molecule has 0 radical (unpaired) electrons. The molecular formula is C22H22Cl2N6O. The van der Waals surface area contributed by atoms with Crippen LogP contribution >= 0.6 is 23.2 Å². The Morgan fingerprint density at radius 3 is 1.94 bits per heavy atom. The molecule has 0 bridgehead atoms. The van der Waals surface area contributed by atoms with Crippen LogP contribution < -0.4 is 16.4 Å². The van der Waals surface area contributed by atoms with E-state index in [0.29, 0.717) is 10.0 Å². The van der Waals surface area contributed by atoms with Crippen molar-refractivity contribution in [3.63, 3.8) is 0 Å². The number of fused-ring (bicyclic) bond motifs is 4. The number of nitrogens with one attached hydrogen (secondary N) is 2. The quantitative estimate of drug-likeness (QED) is 0.602. The fraction of sp³-hybridized carbons (Fsp3) is 0.455. The van der Waals surface area contributed by atoms with Gasteiger partial charge in [-0.3, -0.25) is 4.79 Å². The van der Waals surface area contributed by atoms with Crippen LogP contribution in [0.25, 0.3) is 0 Å². The smallest absolute Gasteiger partial charge is 0.220 e. The Kier molecular flexibility index (Phi) is 4.76. The van der Waals surface area contributed by atoms with Gasteiger partial charge in [0.1, 0.15) is 11.6 Å². The van der Waals surface area contributed by atoms with Gasteiger partial charge in [0.2, 0.25) is 5.91 Å². The number of hydrogen-bond donors (Lipinski definition) is 3. The lowest BCUT2D eigenvalue weighted by Crippen LogP contribution is -2.48. The number of rotatable bonds is 1. The van der Waals surface area contributed by atoms with Crippen LogP contribution in [0.5, 0.6) is 0 Å². The van der Waals surface area contributed by atoms with Crippen LogP contribution in [0, 0.1) is 23.2 Å². The molecule has 2 aliphatic heterocycles. The molecule has 4 heterocycles. The Morgan fingerprint density at radius 1 is 1.00 bits per heavy atom. The minimum absolute atomic E-state index is 0.00623.